The fourth-order valence-corrected chi connectivity index (χ4v) is 2.02. The van der Waals surface area contributed by atoms with Crippen LogP contribution in [-0.4, -0.2) is 23.4 Å². The summed E-state index contributed by atoms with van der Waals surface area (Å²) in [6.45, 7) is 2.23. The second kappa shape index (κ2) is 3.37. The van der Waals surface area contributed by atoms with Crippen LogP contribution in [0.3, 0.4) is 0 Å². The van der Waals surface area contributed by atoms with Crippen molar-refractivity contribution >= 4 is 0 Å². The minimum absolute atomic E-state index is 0.0854. The summed E-state index contributed by atoms with van der Waals surface area (Å²) in [6, 6.07) is 8.33. The highest BCUT2D eigenvalue weighted by Crippen LogP contribution is 2.58. The number of aryl methyl sites for hydroxylation is 1. The Morgan fingerprint density at radius 2 is 1.79 bits per heavy atom. The molecule has 14 heavy (non-hydrogen) atoms. The second-order valence-corrected chi connectivity index (χ2v) is 4.35. The fraction of sp³-hybridized carbons (Fsp3) is 0.500. The summed E-state index contributed by atoms with van der Waals surface area (Å²) in [7, 11) is 0. The lowest BCUT2D eigenvalue weighted by atomic mass is 10.00. The van der Waals surface area contributed by atoms with E-state index in [0.717, 1.165) is 6.42 Å². The van der Waals surface area contributed by atoms with E-state index in [2.05, 4.69) is 31.2 Å². The monoisotopic (exact) mass is 192 g/mol. The van der Waals surface area contributed by atoms with Crippen molar-refractivity contribution in [1.29, 1.82) is 0 Å². The van der Waals surface area contributed by atoms with E-state index in [-0.39, 0.29) is 18.6 Å². The number of benzene rings is 1. The van der Waals surface area contributed by atoms with Crippen molar-refractivity contribution in [3.05, 3.63) is 35.4 Å². The van der Waals surface area contributed by atoms with Gasteiger partial charge >= 0.3 is 0 Å². The first-order valence-electron chi connectivity index (χ1n) is 5.00. The molecule has 2 rings (SSSR count). The molecule has 1 aromatic rings. The molecule has 0 spiro atoms. The van der Waals surface area contributed by atoms with E-state index in [0.29, 0.717) is 5.92 Å². The van der Waals surface area contributed by atoms with Crippen LogP contribution in [-0.2, 0) is 0 Å². The fourth-order valence-electron chi connectivity index (χ4n) is 2.02. The van der Waals surface area contributed by atoms with E-state index in [1.165, 1.54) is 11.1 Å². The zero-order chi connectivity index (χ0) is 10.2. The van der Waals surface area contributed by atoms with Crippen LogP contribution < -0.4 is 0 Å². The number of hydrogen-bond acceptors (Lipinski definition) is 2. The van der Waals surface area contributed by atoms with Crippen LogP contribution in [0.1, 0.15) is 23.5 Å². The van der Waals surface area contributed by atoms with Crippen LogP contribution in [0, 0.1) is 12.3 Å². The van der Waals surface area contributed by atoms with Gasteiger partial charge in [-0.2, -0.15) is 0 Å². The second-order valence-electron chi connectivity index (χ2n) is 4.35. The number of aliphatic hydroxyl groups is 2. The van der Waals surface area contributed by atoms with Gasteiger partial charge in [-0.25, -0.2) is 0 Å². The van der Waals surface area contributed by atoms with Crippen molar-refractivity contribution in [3.63, 3.8) is 0 Å². The standard InChI is InChI=1S/C12H16O2/c1-9-2-4-10(5-3-9)11-6-12(11,7-13)8-14/h2-5,11,13-14H,6-8H2,1H3/t11-/m1/s1. The Balaban J connectivity index is 2.16. The molecule has 76 valence electrons. The summed E-state index contributed by atoms with van der Waals surface area (Å²) in [5.74, 6) is 0.345. The molecule has 2 N–H and O–H groups in total. The Kier molecular flexibility index (Phi) is 2.33. The van der Waals surface area contributed by atoms with Gasteiger partial charge in [-0.1, -0.05) is 29.8 Å². The maximum absolute atomic E-state index is 9.18. The van der Waals surface area contributed by atoms with Crippen LogP contribution in [0.4, 0.5) is 0 Å². The maximum atomic E-state index is 9.18. The topological polar surface area (TPSA) is 40.5 Å². The van der Waals surface area contributed by atoms with E-state index in [9.17, 15) is 10.2 Å². The molecule has 0 heterocycles. The SMILES string of the molecule is Cc1ccc([C@H]2CC2(CO)CO)cc1. The third-order valence-corrected chi connectivity index (χ3v) is 3.30. The molecule has 2 heteroatoms. The van der Waals surface area contributed by atoms with Crippen molar-refractivity contribution in [2.24, 2.45) is 5.41 Å². The van der Waals surface area contributed by atoms with Crippen molar-refractivity contribution in [1.82, 2.24) is 0 Å². The van der Waals surface area contributed by atoms with E-state index < -0.39 is 0 Å². The van der Waals surface area contributed by atoms with Crippen molar-refractivity contribution in [3.8, 4) is 0 Å². The van der Waals surface area contributed by atoms with Crippen LogP contribution in [0.15, 0.2) is 24.3 Å². The van der Waals surface area contributed by atoms with Crippen molar-refractivity contribution < 1.29 is 10.2 Å². The van der Waals surface area contributed by atoms with E-state index in [1.807, 2.05) is 0 Å². The van der Waals surface area contributed by atoms with E-state index >= 15 is 0 Å². The average Bonchev–Trinajstić information content (AvgIpc) is 2.94. The van der Waals surface area contributed by atoms with Gasteiger partial charge in [0.2, 0.25) is 0 Å². The summed E-state index contributed by atoms with van der Waals surface area (Å²) in [4.78, 5) is 0. The van der Waals surface area contributed by atoms with Crippen LogP contribution in [0.2, 0.25) is 0 Å². The van der Waals surface area contributed by atoms with Crippen molar-refractivity contribution in [2.75, 3.05) is 13.2 Å². The lowest BCUT2D eigenvalue weighted by molar-refractivity contribution is 0.129. The van der Waals surface area contributed by atoms with Crippen LogP contribution in [0.5, 0.6) is 0 Å². The molecule has 0 radical (unpaired) electrons. The molecule has 1 aromatic carbocycles. The molecule has 0 amide bonds. The Hall–Kier alpha value is -0.860. The molecular weight excluding hydrogens is 176 g/mol. The highest BCUT2D eigenvalue weighted by Gasteiger charge is 2.53. The van der Waals surface area contributed by atoms with Gasteiger partial charge in [0, 0.05) is 5.41 Å². The molecule has 0 unspecified atom stereocenters. The number of hydrogen-bond donors (Lipinski definition) is 2. The van der Waals surface area contributed by atoms with Crippen LogP contribution >= 0.6 is 0 Å². The minimum atomic E-state index is -0.241. The maximum Gasteiger partial charge on any atom is 0.0515 e. The first-order chi connectivity index (χ1) is 6.72. The van der Waals surface area contributed by atoms with Crippen molar-refractivity contribution in [2.45, 2.75) is 19.3 Å². The molecule has 0 bridgehead atoms. The molecule has 1 aliphatic carbocycles. The van der Waals surface area contributed by atoms with Gasteiger partial charge in [-0.3, -0.25) is 0 Å². The first kappa shape index (κ1) is 9.69. The van der Waals surface area contributed by atoms with Gasteiger partial charge in [-0.05, 0) is 24.8 Å². The lowest BCUT2D eigenvalue weighted by Crippen LogP contribution is -2.14. The summed E-state index contributed by atoms with van der Waals surface area (Å²) in [5, 5.41) is 18.4. The normalized spacial score (nSPS) is 23.5. The molecule has 0 aliphatic heterocycles. The highest BCUT2D eigenvalue weighted by atomic mass is 16.3. The third-order valence-electron chi connectivity index (χ3n) is 3.30. The lowest BCUT2D eigenvalue weighted by Gasteiger charge is -2.10. The van der Waals surface area contributed by atoms with Crippen LogP contribution in [0.25, 0.3) is 0 Å². The van der Waals surface area contributed by atoms with Gasteiger partial charge in [0.25, 0.3) is 0 Å². The first-order valence-corrected chi connectivity index (χ1v) is 5.00. The molecule has 1 atom stereocenters. The molecule has 2 nitrogen and oxygen atoms in total. The molecule has 0 saturated heterocycles. The van der Waals surface area contributed by atoms with Gasteiger partial charge < -0.3 is 10.2 Å². The van der Waals surface area contributed by atoms with E-state index in [4.69, 9.17) is 0 Å². The molecule has 1 saturated carbocycles. The highest BCUT2D eigenvalue weighted by molar-refractivity contribution is 5.32. The Labute approximate surface area is 84.2 Å². The Bertz CT molecular complexity index is 312. The third kappa shape index (κ3) is 1.45. The summed E-state index contributed by atoms with van der Waals surface area (Å²) < 4.78 is 0. The molecular formula is C12H16O2. The molecule has 0 aromatic heterocycles. The Morgan fingerprint density at radius 3 is 2.21 bits per heavy atom. The Morgan fingerprint density at radius 1 is 1.21 bits per heavy atom. The molecule has 1 fully saturated rings. The number of rotatable bonds is 3. The van der Waals surface area contributed by atoms with E-state index in [1.54, 1.807) is 0 Å². The summed E-state index contributed by atoms with van der Waals surface area (Å²) in [6.07, 6.45) is 0.906. The zero-order valence-corrected chi connectivity index (χ0v) is 8.40. The average molecular weight is 192 g/mol. The number of aliphatic hydroxyl groups excluding tert-OH is 2. The summed E-state index contributed by atoms with van der Waals surface area (Å²) in [5.41, 5.74) is 2.24. The summed E-state index contributed by atoms with van der Waals surface area (Å²) >= 11 is 0. The van der Waals surface area contributed by atoms with Gasteiger partial charge in [0.1, 0.15) is 0 Å². The van der Waals surface area contributed by atoms with Gasteiger partial charge in [0.05, 0.1) is 13.2 Å². The quantitative estimate of drug-likeness (QED) is 0.761. The smallest absolute Gasteiger partial charge is 0.0515 e. The largest absolute Gasteiger partial charge is 0.396 e. The van der Waals surface area contributed by atoms with Gasteiger partial charge in [0.15, 0.2) is 0 Å². The predicted octanol–water partition coefficient (Wildman–Crippen LogP) is 1.45. The minimum Gasteiger partial charge on any atom is -0.396 e. The molecule has 1 aliphatic rings. The van der Waals surface area contributed by atoms with Gasteiger partial charge in [-0.15, -0.1) is 0 Å². The zero-order valence-electron chi connectivity index (χ0n) is 8.40. The predicted molar refractivity (Wildman–Crippen MR) is 55.1 cm³/mol.